The molecule has 0 saturated heterocycles. The second-order valence-electron chi connectivity index (χ2n) is 16.1. The molecule has 0 aromatic heterocycles. The average Bonchev–Trinajstić information content (AvgIpc) is 3.55. The maximum Gasteiger partial charge on any atom is 0.0642 e. The fourth-order valence-corrected chi connectivity index (χ4v) is 11.8. The van der Waals surface area contributed by atoms with Crippen LogP contribution in [0.5, 0.6) is 0 Å². The van der Waals surface area contributed by atoms with Gasteiger partial charge in [-0.1, -0.05) is 160 Å². The molecule has 10 radical (unpaired) electrons. The van der Waals surface area contributed by atoms with Crippen molar-refractivity contribution in [3.05, 3.63) is 167 Å². The maximum atomic E-state index is 2.59. The number of allylic oxidation sites excluding steroid dienone is 8. The van der Waals surface area contributed by atoms with Gasteiger partial charge in [-0.3, -0.25) is 0 Å². The zero-order valence-electron chi connectivity index (χ0n) is 29.3. The highest BCUT2D eigenvalue weighted by Crippen LogP contribution is 2.65. The summed E-state index contributed by atoms with van der Waals surface area (Å²) in [5.41, 5.74) is 11.5. The van der Waals surface area contributed by atoms with E-state index in [4.69, 9.17) is 0 Å². The minimum Gasteiger partial charge on any atom is -0.0761 e. The highest BCUT2D eigenvalue weighted by Gasteiger charge is 2.60. The molecule has 0 N–H and O–H groups in total. The Morgan fingerprint density at radius 2 is 0.978 bits per heavy atom. The van der Waals surface area contributed by atoms with Crippen molar-refractivity contribution < 1.29 is 0 Å². The second-order valence-corrected chi connectivity index (χ2v) is 20.4. The summed E-state index contributed by atoms with van der Waals surface area (Å²) in [6.45, 7) is 26.0. The van der Waals surface area contributed by atoms with E-state index in [1.807, 2.05) is 0 Å². The maximum absolute atomic E-state index is 2.59. The van der Waals surface area contributed by atoms with Gasteiger partial charge >= 0.3 is 0 Å². The van der Waals surface area contributed by atoms with Crippen LogP contribution in [0.4, 0.5) is 0 Å². The van der Waals surface area contributed by atoms with Crippen LogP contribution in [0, 0.1) is 65.3 Å². The Bertz CT molecular complexity index is 1490. The highest BCUT2D eigenvalue weighted by molar-refractivity contribution is 6.90. The van der Waals surface area contributed by atoms with Crippen molar-refractivity contribution in [2.75, 3.05) is 0 Å². The van der Waals surface area contributed by atoms with Gasteiger partial charge in [0.1, 0.15) is 0 Å². The van der Waals surface area contributed by atoms with Crippen molar-refractivity contribution in [1.29, 1.82) is 0 Å². The summed E-state index contributed by atoms with van der Waals surface area (Å²) in [7, 11) is -2.15. The van der Waals surface area contributed by atoms with Crippen LogP contribution in [0.1, 0.15) is 84.6 Å². The molecule has 0 amide bonds. The van der Waals surface area contributed by atoms with Gasteiger partial charge in [0.25, 0.3) is 0 Å². The summed E-state index contributed by atoms with van der Waals surface area (Å²) in [5, 5.41) is 0. The van der Waals surface area contributed by atoms with Gasteiger partial charge in [-0.2, -0.15) is 0 Å². The third-order valence-corrected chi connectivity index (χ3v) is 13.8. The Hall–Kier alpha value is -2.38. The molecular formula is C44H50Si. The summed E-state index contributed by atoms with van der Waals surface area (Å²) >= 11 is 0. The minimum absolute atomic E-state index is 0.147. The van der Waals surface area contributed by atoms with Gasteiger partial charge in [-0.05, 0) is 85.9 Å². The van der Waals surface area contributed by atoms with Gasteiger partial charge in [0.2, 0.25) is 0 Å². The Morgan fingerprint density at radius 1 is 0.556 bits per heavy atom. The Balaban J connectivity index is 1.29. The number of benzene rings is 2. The van der Waals surface area contributed by atoms with Crippen LogP contribution in [0.2, 0.25) is 13.1 Å². The number of hydrogen-bond acceptors (Lipinski definition) is 0. The first-order valence-corrected chi connectivity index (χ1v) is 19.7. The van der Waals surface area contributed by atoms with E-state index in [9.17, 15) is 0 Å². The second kappa shape index (κ2) is 11.7. The third-order valence-electron chi connectivity index (χ3n) is 10.1. The molecule has 45 heavy (non-hydrogen) atoms. The standard InChI is InChI=1S/C44H50Si/c1-28(2)38-27-40-35(31-20-24-33(25-21-31)44(7,8)9)15-13-17-37(40)42(38)45(10,11)41-29(3)26-39-34(14-12-16-36(39)41)30-18-22-32(23-19-30)43(4,5)6/h12-28H,1-11H3. The molecule has 0 aliphatic heterocycles. The molecule has 230 valence electrons. The van der Waals surface area contributed by atoms with Gasteiger partial charge in [-0.15, -0.1) is 0 Å². The molecule has 0 atom stereocenters. The molecule has 4 aliphatic rings. The fraction of sp³-hybridized carbons (Fsp3) is 0.318. The van der Waals surface area contributed by atoms with Crippen LogP contribution in [0.3, 0.4) is 0 Å². The molecule has 0 spiro atoms. The van der Waals surface area contributed by atoms with Gasteiger partial charge in [-0.25, -0.2) is 0 Å². The highest BCUT2D eigenvalue weighted by atomic mass is 28.3. The van der Waals surface area contributed by atoms with Crippen molar-refractivity contribution in [2.24, 2.45) is 5.92 Å². The van der Waals surface area contributed by atoms with Crippen LogP contribution >= 0.6 is 0 Å². The first-order valence-electron chi connectivity index (χ1n) is 16.7. The van der Waals surface area contributed by atoms with Gasteiger partial charge in [0.15, 0.2) is 0 Å². The van der Waals surface area contributed by atoms with E-state index in [1.54, 1.807) is 11.1 Å². The lowest BCUT2D eigenvalue weighted by atomic mass is 9.80. The Morgan fingerprint density at radius 3 is 1.40 bits per heavy atom. The van der Waals surface area contributed by atoms with Crippen molar-refractivity contribution >= 4 is 19.2 Å². The van der Waals surface area contributed by atoms with E-state index in [2.05, 4.69) is 173 Å². The summed E-state index contributed by atoms with van der Waals surface area (Å²) in [6, 6.07) is 18.5. The molecule has 0 nitrogen and oxygen atoms in total. The lowest BCUT2D eigenvalue weighted by Gasteiger charge is -2.45. The molecule has 4 aliphatic carbocycles. The molecule has 6 rings (SSSR count). The summed E-state index contributed by atoms with van der Waals surface area (Å²) in [4.78, 5) is 0. The topological polar surface area (TPSA) is 0 Å². The van der Waals surface area contributed by atoms with E-state index >= 15 is 0 Å². The Kier molecular flexibility index (Phi) is 8.46. The lowest BCUT2D eigenvalue weighted by molar-refractivity contribution is 0.590. The molecule has 2 aromatic rings. The predicted molar refractivity (Wildman–Crippen MR) is 197 cm³/mol. The molecule has 0 heterocycles. The molecule has 1 heteroatoms. The van der Waals surface area contributed by atoms with Crippen molar-refractivity contribution in [1.82, 2.24) is 0 Å². The number of rotatable bonds is 5. The molecule has 0 bridgehead atoms. The summed E-state index contributed by atoms with van der Waals surface area (Å²) in [5.74, 6) is 9.05. The third kappa shape index (κ3) is 5.86. The molecule has 0 unspecified atom stereocenters. The zero-order chi connectivity index (χ0) is 32.5. The van der Waals surface area contributed by atoms with Gasteiger partial charge in [0, 0.05) is 23.7 Å². The van der Waals surface area contributed by atoms with Gasteiger partial charge < -0.3 is 0 Å². The van der Waals surface area contributed by atoms with E-state index in [0.29, 0.717) is 5.92 Å². The molecule has 2 aromatic carbocycles. The zero-order valence-corrected chi connectivity index (χ0v) is 30.3. The van der Waals surface area contributed by atoms with Crippen molar-refractivity contribution in [2.45, 2.75) is 86.2 Å². The van der Waals surface area contributed by atoms with Crippen LogP contribution < -0.4 is 0 Å². The van der Waals surface area contributed by atoms with Crippen molar-refractivity contribution in [3.63, 3.8) is 0 Å². The first-order chi connectivity index (χ1) is 21.1. The van der Waals surface area contributed by atoms with E-state index in [-0.39, 0.29) is 10.8 Å². The van der Waals surface area contributed by atoms with E-state index < -0.39 is 8.07 Å². The van der Waals surface area contributed by atoms with Crippen LogP contribution in [-0.2, 0) is 10.8 Å². The summed E-state index contributed by atoms with van der Waals surface area (Å²) < 4.78 is 0. The van der Waals surface area contributed by atoms with Crippen LogP contribution in [-0.4, -0.2) is 8.07 Å². The quantitative estimate of drug-likeness (QED) is 0.297. The molecule has 2 fully saturated rings. The monoisotopic (exact) mass is 606 g/mol. The fourth-order valence-electron chi connectivity index (χ4n) is 7.67. The van der Waals surface area contributed by atoms with E-state index in [1.165, 1.54) is 68.9 Å². The average molecular weight is 607 g/mol. The molecular weight excluding hydrogens is 557 g/mol. The number of hydrogen-bond donors (Lipinski definition) is 0. The number of fused-ring (bicyclic) bond motifs is 2. The SMILES string of the molecule is C[C]1[CH][C]2[C](C=CC=C2c2ccc(C(C)(C)C)cc2)[C]1[Si](C)(C)[C]1[C]2C=CC=C(c3ccc(C(C)(C)C)cc3)[C]2[CH][C]1C(C)C. The largest absolute Gasteiger partial charge is 0.0761 e. The minimum atomic E-state index is -2.15. The van der Waals surface area contributed by atoms with Crippen LogP contribution in [0.25, 0.3) is 11.1 Å². The van der Waals surface area contributed by atoms with Crippen LogP contribution in [0.15, 0.2) is 85.0 Å². The van der Waals surface area contributed by atoms with E-state index in [0.717, 1.165) is 0 Å². The smallest absolute Gasteiger partial charge is 0.0642 e. The lowest BCUT2D eigenvalue weighted by Crippen LogP contribution is -2.49. The van der Waals surface area contributed by atoms with Gasteiger partial charge in [0.05, 0.1) is 8.07 Å². The first kappa shape index (κ1) is 32.6. The van der Waals surface area contributed by atoms with Crippen molar-refractivity contribution in [3.8, 4) is 0 Å². The Labute approximate surface area is 277 Å². The summed E-state index contributed by atoms with van der Waals surface area (Å²) in [6.07, 6.45) is 18.9. The predicted octanol–water partition coefficient (Wildman–Crippen LogP) is 11.4. The molecule has 2 saturated carbocycles. The normalized spacial score (nSPS) is 22.0.